The van der Waals surface area contributed by atoms with Gasteiger partial charge >= 0.3 is 0 Å². The highest BCUT2D eigenvalue weighted by Crippen LogP contribution is 2.32. The van der Waals surface area contributed by atoms with Crippen LogP contribution in [0.1, 0.15) is 17.1 Å². The molecule has 2 aromatic rings. The highest BCUT2D eigenvalue weighted by molar-refractivity contribution is 5.44. The average Bonchev–Trinajstić information content (AvgIpc) is 2.96. The van der Waals surface area contributed by atoms with Crippen molar-refractivity contribution in [3.05, 3.63) is 41.5 Å². The lowest BCUT2D eigenvalue weighted by molar-refractivity contribution is 0.174. The first-order chi connectivity index (χ1) is 8.76. The monoisotopic (exact) mass is 245 g/mol. The van der Waals surface area contributed by atoms with E-state index in [1.165, 1.54) is 0 Å². The van der Waals surface area contributed by atoms with E-state index in [-0.39, 0.29) is 0 Å². The van der Waals surface area contributed by atoms with Gasteiger partial charge in [0.25, 0.3) is 0 Å². The SMILES string of the molecule is Cc1nc(CN)cn1Cc1ccc2c(c1)OCO2. The normalized spacial score (nSPS) is 13.0. The van der Waals surface area contributed by atoms with E-state index in [9.17, 15) is 0 Å². The number of benzene rings is 1. The van der Waals surface area contributed by atoms with E-state index in [1.54, 1.807) is 0 Å². The Hall–Kier alpha value is -2.01. The Labute approximate surface area is 105 Å². The highest BCUT2D eigenvalue weighted by atomic mass is 16.7. The molecule has 0 saturated heterocycles. The van der Waals surface area contributed by atoms with Gasteiger partial charge < -0.3 is 19.8 Å². The molecule has 0 bridgehead atoms. The van der Waals surface area contributed by atoms with Crippen LogP contribution in [0.15, 0.2) is 24.4 Å². The maximum absolute atomic E-state index is 5.59. The van der Waals surface area contributed by atoms with Crippen LogP contribution in [0.5, 0.6) is 11.5 Å². The smallest absolute Gasteiger partial charge is 0.231 e. The summed E-state index contributed by atoms with van der Waals surface area (Å²) in [5, 5.41) is 0. The van der Waals surface area contributed by atoms with Gasteiger partial charge in [0.05, 0.1) is 5.69 Å². The molecule has 2 heterocycles. The maximum Gasteiger partial charge on any atom is 0.231 e. The highest BCUT2D eigenvalue weighted by Gasteiger charge is 2.13. The molecule has 0 spiro atoms. The van der Waals surface area contributed by atoms with Crippen molar-refractivity contribution in [2.24, 2.45) is 5.73 Å². The van der Waals surface area contributed by atoms with Gasteiger partial charge in [0.2, 0.25) is 6.79 Å². The van der Waals surface area contributed by atoms with Crippen molar-refractivity contribution < 1.29 is 9.47 Å². The van der Waals surface area contributed by atoms with Crippen LogP contribution in [-0.2, 0) is 13.1 Å². The van der Waals surface area contributed by atoms with Crippen LogP contribution >= 0.6 is 0 Å². The number of nitrogens with two attached hydrogens (primary N) is 1. The lowest BCUT2D eigenvalue weighted by Gasteiger charge is -2.06. The van der Waals surface area contributed by atoms with Crippen LogP contribution in [0.3, 0.4) is 0 Å². The molecule has 0 atom stereocenters. The van der Waals surface area contributed by atoms with Gasteiger partial charge in [-0.05, 0) is 24.6 Å². The summed E-state index contributed by atoms with van der Waals surface area (Å²) in [5.74, 6) is 2.58. The minimum atomic E-state index is 0.306. The van der Waals surface area contributed by atoms with Crippen LogP contribution in [0, 0.1) is 6.92 Å². The Kier molecular flexibility index (Phi) is 2.68. The van der Waals surface area contributed by atoms with E-state index in [0.717, 1.165) is 35.1 Å². The van der Waals surface area contributed by atoms with Crippen LogP contribution in [0.4, 0.5) is 0 Å². The number of hydrogen-bond acceptors (Lipinski definition) is 4. The fourth-order valence-corrected chi connectivity index (χ4v) is 2.07. The van der Waals surface area contributed by atoms with E-state index in [2.05, 4.69) is 9.55 Å². The Morgan fingerprint density at radius 1 is 1.33 bits per heavy atom. The van der Waals surface area contributed by atoms with Gasteiger partial charge in [0.1, 0.15) is 5.82 Å². The zero-order valence-corrected chi connectivity index (χ0v) is 10.2. The second kappa shape index (κ2) is 4.34. The Morgan fingerprint density at radius 3 is 2.94 bits per heavy atom. The molecule has 0 saturated carbocycles. The second-order valence-electron chi connectivity index (χ2n) is 4.30. The zero-order chi connectivity index (χ0) is 12.5. The summed E-state index contributed by atoms with van der Waals surface area (Å²) in [7, 11) is 0. The number of hydrogen-bond donors (Lipinski definition) is 1. The van der Waals surface area contributed by atoms with E-state index in [0.29, 0.717) is 13.3 Å². The lowest BCUT2D eigenvalue weighted by atomic mass is 10.2. The first-order valence-electron chi connectivity index (χ1n) is 5.87. The molecule has 0 radical (unpaired) electrons. The molecule has 0 amide bonds. The van der Waals surface area contributed by atoms with Gasteiger partial charge in [-0.25, -0.2) is 4.98 Å². The first kappa shape index (κ1) is 11.1. The van der Waals surface area contributed by atoms with E-state index < -0.39 is 0 Å². The summed E-state index contributed by atoms with van der Waals surface area (Å²) < 4.78 is 12.7. The third kappa shape index (κ3) is 1.93. The lowest BCUT2D eigenvalue weighted by Crippen LogP contribution is -2.00. The maximum atomic E-state index is 5.59. The van der Waals surface area contributed by atoms with E-state index in [1.807, 2.05) is 31.3 Å². The fraction of sp³-hybridized carbons (Fsp3) is 0.308. The van der Waals surface area contributed by atoms with Crippen molar-refractivity contribution in [2.45, 2.75) is 20.0 Å². The molecular formula is C13H15N3O2. The number of ether oxygens (including phenoxy) is 2. The number of rotatable bonds is 3. The third-order valence-electron chi connectivity index (χ3n) is 3.02. The molecule has 1 aromatic carbocycles. The molecule has 2 N–H and O–H groups in total. The number of aromatic nitrogens is 2. The van der Waals surface area contributed by atoms with Crippen LogP contribution in [0.25, 0.3) is 0 Å². The summed E-state index contributed by atoms with van der Waals surface area (Å²) in [6.45, 7) is 3.51. The summed E-state index contributed by atoms with van der Waals surface area (Å²) in [6.07, 6.45) is 1.99. The van der Waals surface area contributed by atoms with Crippen molar-refractivity contribution in [2.75, 3.05) is 6.79 Å². The molecule has 5 nitrogen and oxygen atoms in total. The van der Waals surface area contributed by atoms with Crippen LogP contribution in [0.2, 0.25) is 0 Å². The molecule has 1 aliphatic heterocycles. The zero-order valence-electron chi connectivity index (χ0n) is 10.2. The summed E-state index contributed by atoms with van der Waals surface area (Å²) in [6, 6.07) is 5.98. The predicted molar refractivity (Wildman–Crippen MR) is 66.5 cm³/mol. The molecule has 5 heteroatoms. The molecule has 0 unspecified atom stereocenters. The number of nitrogens with zero attached hydrogens (tertiary/aromatic N) is 2. The van der Waals surface area contributed by atoms with E-state index >= 15 is 0 Å². The van der Waals surface area contributed by atoms with Gasteiger partial charge in [-0.2, -0.15) is 0 Å². The number of imidazole rings is 1. The molecule has 1 aromatic heterocycles. The van der Waals surface area contributed by atoms with Gasteiger partial charge in [-0.15, -0.1) is 0 Å². The molecular weight excluding hydrogens is 230 g/mol. The van der Waals surface area contributed by atoms with E-state index in [4.69, 9.17) is 15.2 Å². The van der Waals surface area contributed by atoms with Gasteiger partial charge in [0.15, 0.2) is 11.5 Å². The molecule has 94 valence electrons. The number of aryl methyl sites for hydroxylation is 1. The Balaban J connectivity index is 1.85. The molecule has 3 rings (SSSR count). The largest absolute Gasteiger partial charge is 0.454 e. The van der Waals surface area contributed by atoms with Crippen LogP contribution in [-0.4, -0.2) is 16.3 Å². The predicted octanol–water partition coefficient (Wildman–Crippen LogP) is 1.43. The Morgan fingerprint density at radius 2 is 2.17 bits per heavy atom. The van der Waals surface area contributed by atoms with Crippen molar-refractivity contribution in [3.8, 4) is 11.5 Å². The van der Waals surface area contributed by atoms with Crippen molar-refractivity contribution in [3.63, 3.8) is 0 Å². The first-order valence-corrected chi connectivity index (χ1v) is 5.87. The van der Waals surface area contributed by atoms with Crippen LogP contribution < -0.4 is 15.2 Å². The minimum Gasteiger partial charge on any atom is -0.454 e. The van der Waals surface area contributed by atoms with Crippen molar-refractivity contribution in [1.29, 1.82) is 0 Å². The molecule has 1 aliphatic rings. The summed E-state index contributed by atoms with van der Waals surface area (Å²) in [4.78, 5) is 4.38. The van der Waals surface area contributed by atoms with Gasteiger partial charge in [0, 0.05) is 19.3 Å². The number of fused-ring (bicyclic) bond motifs is 1. The fourth-order valence-electron chi connectivity index (χ4n) is 2.07. The summed E-state index contributed by atoms with van der Waals surface area (Å²) in [5.41, 5.74) is 7.65. The quantitative estimate of drug-likeness (QED) is 0.888. The third-order valence-corrected chi connectivity index (χ3v) is 3.02. The topological polar surface area (TPSA) is 62.3 Å². The summed E-state index contributed by atoms with van der Waals surface area (Å²) >= 11 is 0. The van der Waals surface area contributed by atoms with Crippen molar-refractivity contribution in [1.82, 2.24) is 9.55 Å². The average molecular weight is 245 g/mol. The molecule has 18 heavy (non-hydrogen) atoms. The second-order valence-corrected chi connectivity index (χ2v) is 4.30. The van der Waals surface area contributed by atoms with Crippen molar-refractivity contribution >= 4 is 0 Å². The minimum absolute atomic E-state index is 0.306. The molecule has 0 aliphatic carbocycles. The van der Waals surface area contributed by atoms with Gasteiger partial charge in [-0.3, -0.25) is 0 Å². The standard InChI is InChI=1S/C13H15N3O2/c1-9-15-11(5-14)7-16(9)6-10-2-3-12-13(4-10)18-8-17-12/h2-4,7H,5-6,8,14H2,1H3. The molecule has 0 fully saturated rings. The van der Waals surface area contributed by atoms with Gasteiger partial charge in [-0.1, -0.05) is 6.07 Å². The Bertz CT molecular complexity index is 578.